The standard InChI is InChI=1S/C19H21FN4O2S/c1-12-11-27-19(23-12)14-4-3-13(16(20)8-14)7-15(9-21)24-18(25)17-10-22-5-2-6-26-17/h3-4,8,11,15,17,22H,2,5-7,10H2,1H3,(H,24,25)/t15-,17-/m0/s1. The SMILES string of the molecule is Cc1csc(-c2ccc(C[C@@H](C#N)NC(=O)[C@@H]3CNCCCO3)c(F)c2)n1. The Morgan fingerprint density at radius 2 is 2.44 bits per heavy atom. The third-order valence-electron chi connectivity index (χ3n) is 4.25. The number of nitrogens with zero attached hydrogens (tertiary/aromatic N) is 2. The molecule has 0 radical (unpaired) electrons. The summed E-state index contributed by atoms with van der Waals surface area (Å²) in [6, 6.07) is 6.04. The maximum atomic E-state index is 14.5. The van der Waals surface area contributed by atoms with E-state index in [0.717, 1.165) is 23.7 Å². The molecule has 8 heteroatoms. The van der Waals surface area contributed by atoms with E-state index in [1.165, 1.54) is 17.4 Å². The second-order valence-electron chi connectivity index (χ2n) is 6.41. The number of hydrogen-bond acceptors (Lipinski definition) is 6. The third-order valence-corrected chi connectivity index (χ3v) is 5.26. The molecule has 0 unspecified atom stereocenters. The molecule has 0 saturated carbocycles. The average Bonchev–Trinajstić information content (AvgIpc) is 2.92. The van der Waals surface area contributed by atoms with Crippen LogP contribution >= 0.6 is 11.3 Å². The number of hydrogen-bond donors (Lipinski definition) is 2. The van der Waals surface area contributed by atoms with Crippen molar-refractivity contribution in [2.24, 2.45) is 0 Å². The number of halogens is 1. The van der Waals surface area contributed by atoms with Gasteiger partial charge in [-0.3, -0.25) is 4.79 Å². The molecule has 0 bridgehead atoms. The van der Waals surface area contributed by atoms with Crippen molar-refractivity contribution in [3.8, 4) is 16.6 Å². The highest BCUT2D eigenvalue weighted by molar-refractivity contribution is 7.13. The van der Waals surface area contributed by atoms with E-state index in [0.29, 0.717) is 24.3 Å². The number of amides is 1. The molecule has 2 N–H and O–H groups in total. The van der Waals surface area contributed by atoms with Crippen LogP contribution in [0.2, 0.25) is 0 Å². The molecule has 2 aromatic rings. The zero-order chi connectivity index (χ0) is 19.2. The normalized spacial score (nSPS) is 18.3. The van der Waals surface area contributed by atoms with E-state index in [1.54, 1.807) is 12.1 Å². The minimum atomic E-state index is -0.827. The molecule has 1 saturated heterocycles. The fraction of sp³-hybridized carbons (Fsp3) is 0.421. The Balaban J connectivity index is 1.65. The quantitative estimate of drug-likeness (QED) is 0.820. The minimum Gasteiger partial charge on any atom is -0.367 e. The van der Waals surface area contributed by atoms with E-state index >= 15 is 0 Å². The molecule has 142 valence electrons. The van der Waals surface area contributed by atoms with Crippen LogP contribution in [0.4, 0.5) is 4.39 Å². The van der Waals surface area contributed by atoms with E-state index in [9.17, 15) is 14.4 Å². The van der Waals surface area contributed by atoms with E-state index in [-0.39, 0.29) is 12.3 Å². The van der Waals surface area contributed by atoms with Gasteiger partial charge in [0.2, 0.25) is 0 Å². The molecule has 1 amide bonds. The molecular formula is C19H21FN4O2S. The predicted molar refractivity (Wildman–Crippen MR) is 101 cm³/mol. The first-order valence-electron chi connectivity index (χ1n) is 8.80. The van der Waals surface area contributed by atoms with E-state index < -0.39 is 18.0 Å². The van der Waals surface area contributed by atoms with Crippen LogP contribution in [0.1, 0.15) is 17.7 Å². The summed E-state index contributed by atoms with van der Waals surface area (Å²) in [5.74, 6) is -0.770. The number of rotatable bonds is 5. The maximum absolute atomic E-state index is 14.5. The van der Waals surface area contributed by atoms with Gasteiger partial charge in [0.1, 0.15) is 23.0 Å². The zero-order valence-corrected chi connectivity index (χ0v) is 15.8. The van der Waals surface area contributed by atoms with Gasteiger partial charge in [-0.05, 0) is 31.5 Å². The summed E-state index contributed by atoms with van der Waals surface area (Å²) in [7, 11) is 0. The van der Waals surface area contributed by atoms with Gasteiger partial charge in [0, 0.05) is 36.2 Å². The number of nitrogens with one attached hydrogen (secondary N) is 2. The van der Waals surface area contributed by atoms with Gasteiger partial charge in [-0.1, -0.05) is 12.1 Å². The largest absolute Gasteiger partial charge is 0.367 e. The topological polar surface area (TPSA) is 87.0 Å². The summed E-state index contributed by atoms with van der Waals surface area (Å²) < 4.78 is 20.0. The number of thiazole rings is 1. The first kappa shape index (κ1) is 19.4. The maximum Gasteiger partial charge on any atom is 0.251 e. The van der Waals surface area contributed by atoms with Gasteiger partial charge in [-0.15, -0.1) is 11.3 Å². The summed E-state index contributed by atoms with van der Waals surface area (Å²) in [4.78, 5) is 16.7. The summed E-state index contributed by atoms with van der Waals surface area (Å²) in [5.41, 5.74) is 1.96. The van der Waals surface area contributed by atoms with Crippen molar-refractivity contribution in [2.45, 2.75) is 31.9 Å². The van der Waals surface area contributed by atoms with Crippen molar-refractivity contribution in [1.29, 1.82) is 5.26 Å². The molecule has 3 rings (SSSR count). The van der Waals surface area contributed by atoms with Gasteiger partial charge in [0.15, 0.2) is 0 Å². The highest BCUT2D eigenvalue weighted by Gasteiger charge is 2.24. The van der Waals surface area contributed by atoms with Crippen molar-refractivity contribution in [2.75, 3.05) is 19.7 Å². The van der Waals surface area contributed by atoms with Crippen LogP contribution in [0, 0.1) is 24.1 Å². The molecule has 6 nitrogen and oxygen atoms in total. The minimum absolute atomic E-state index is 0.0887. The number of benzene rings is 1. The van der Waals surface area contributed by atoms with E-state index in [2.05, 4.69) is 15.6 Å². The van der Waals surface area contributed by atoms with Crippen LogP contribution in [0.5, 0.6) is 0 Å². The molecule has 1 aromatic heterocycles. The van der Waals surface area contributed by atoms with Gasteiger partial charge in [0.05, 0.1) is 6.07 Å². The lowest BCUT2D eigenvalue weighted by Crippen LogP contribution is -2.46. The summed E-state index contributed by atoms with van der Waals surface area (Å²) >= 11 is 1.45. The van der Waals surface area contributed by atoms with Gasteiger partial charge in [0.25, 0.3) is 5.91 Å². The van der Waals surface area contributed by atoms with Crippen LogP contribution in [0.3, 0.4) is 0 Å². The molecule has 2 heterocycles. The first-order valence-corrected chi connectivity index (χ1v) is 9.68. The second kappa shape index (κ2) is 9.04. The Kier molecular flexibility index (Phi) is 6.50. The predicted octanol–water partition coefficient (Wildman–Crippen LogP) is 2.19. The first-order chi connectivity index (χ1) is 13.1. The van der Waals surface area contributed by atoms with Crippen molar-refractivity contribution < 1.29 is 13.9 Å². The number of aromatic nitrogens is 1. The van der Waals surface area contributed by atoms with Gasteiger partial charge < -0.3 is 15.4 Å². The van der Waals surface area contributed by atoms with Crippen LogP contribution < -0.4 is 10.6 Å². The molecule has 0 aliphatic carbocycles. The highest BCUT2D eigenvalue weighted by atomic mass is 32.1. The number of nitriles is 1. The lowest BCUT2D eigenvalue weighted by atomic mass is 10.0. The van der Waals surface area contributed by atoms with Crippen molar-refractivity contribution in [3.05, 3.63) is 40.7 Å². The monoisotopic (exact) mass is 388 g/mol. The summed E-state index contributed by atoms with van der Waals surface area (Å²) in [6.07, 6.45) is 0.288. The molecule has 1 aliphatic heterocycles. The van der Waals surface area contributed by atoms with Crippen LogP contribution in [-0.2, 0) is 16.0 Å². The van der Waals surface area contributed by atoms with E-state index in [1.807, 2.05) is 18.4 Å². The molecule has 0 spiro atoms. The summed E-state index contributed by atoms with van der Waals surface area (Å²) in [6.45, 7) is 3.58. The fourth-order valence-corrected chi connectivity index (χ4v) is 3.62. The van der Waals surface area contributed by atoms with Crippen molar-refractivity contribution >= 4 is 17.2 Å². The van der Waals surface area contributed by atoms with Gasteiger partial charge in [-0.2, -0.15) is 5.26 Å². The smallest absolute Gasteiger partial charge is 0.251 e. The lowest BCUT2D eigenvalue weighted by molar-refractivity contribution is -0.132. The molecule has 1 fully saturated rings. The molecule has 1 aliphatic rings. The van der Waals surface area contributed by atoms with Gasteiger partial charge >= 0.3 is 0 Å². The van der Waals surface area contributed by atoms with E-state index in [4.69, 9.17) is 4.74 Å². The van der Waals surface area contributed by atoms with Crippen molar-refractivity contribution in [3.63, 3.8) is 0 Å². The molecular weight excluding hydrogens is 367 g/mol. The average molecular weight is 388 g/mol. The number of carbonyl (C=O) groups excluding carboxylic acids is 1. The molecule has 1 aromatic carbocycles. The second-order valence-corrected chi connectivity index (χ2v) is 7.27. The van der Waals surface area contributed by atoms with Crippen LogP contribution in [-0.4, -0.2) is 42.7 Å². The Hall–Kier alpha value is -2.34. The zero-order valence-electron chi connectivity index (χ0n) is 15.0. The number of carbonyl (C=O) groups is 1. The van der Waals surface area contributed by atoms with Crippen LogP contribution in [0.25, 0.3) is 10.6 Å². The molecule has 2 atom stereocenters. The number of aryl methyl sites for hydroxylation is 1. The molecule has 27 heavy (non-hydrogen) atoms. The Morgan fingerprint density at radius 1 is 1.59 bits per heavy atom. The van der Waals surface area contributed by atoms with Crippen molar-refractivity contribution in [1.82, 2.24) is 15.6 Å². The van der Waals surface area contributed by atoms with Crippen LogP contribution in [0.15, 0.2) is 23.6 Å². The number of ether oxygens (including phenoxy) is 1. The lowest BCUT2D eigenvalue weighted by Gasteiger charge is -2.18. The Labute approximate surface area is 161 Å². The van der Waals surface area contributed by atoms with Gasteiger partial charge in [-0.25, -0.2) is 9.37 Å². The highest BCUT2D eigenvalue weighted by Crippen LogP contribution is 2.25. The fourth-order valence-electron chi connectivity index (χ4n) is 2.83. The summed E-state index contributed by atoms with van der Waals surface area (Å²) in [5, 5.41) is 17.8. The third kappa shape index (κ3) is 5.10. The Morgan fingerprint density at radius 3 is 3.15 bits per heavy atom. The Bertz CT molecular complexity index is 840.